The second-order valence-electron chi connectivity index (χ2n) is 5.55. The molecule has 0 unspecified atom stereocenters. The molecule has 1 aliphatic rings. The fourth-order valence-electron chi connectivity index (χ4n) is 2.59. The highest BCUT2D eigenvalue weighted by molar-refractivity contribution is 5.99. The summed E-state index contributed by atoms with van der Waals surface area (Å²) in [6, 6.07) is 5.63. The van der Waals surface area contributed by atoms with Crippen LogP contribution in [-0.2, 0) is 11.2 Å². The molecule has 20 heavy (non-hydrogen) atoms. The van der Waals surface area contributed by atoms with E-state index in [1.54, 1.807) is 0 Å². The molecule has 0 atom stereocenters. The molecular formula is C16H22N2O2. The van der Waals surface area contributed by atoms with Crippen LogP contribution in [-0.4, -0.2) is 24.8 Å². The normalized spacial score (nSPS) is 14.3. The van der Waals surface area contributed by atoms with Gasteiger partial charge in [0.1, 0.15) is 0 Å². The van der Waals surface area contributed by atoms with Crippen LogP contribution in [0.25, 0.3) is 0 Å². The summed E-state index contributed by atoms with van der Waals surface area (Å²) in [5, 5.41) is 0. The molecule has 0 aromatic heterocycles. The van der Waals surface area contributed by atoms with Crippen LogP contribution >= 0.6 is 0 Å². The van der Waals surface area contributed by atoms with Gasteiger partial charge >= 0.3 is 0 Å². The fraction of sp³-hybridized carbons (Fsp3) is 0.500. The summed E-state index contributed by atoms with van der Waals surface area (Å²) in [7, 11) is 0. The zero-order chi connectivity index (χ0) is 14.7. The Balaban J connectivity index is 2.31. The van der Waals surface area contributed by atoms with Gasteiger partial charge in [-0.3, -0.25) is 9.59 Å². The summed E-state index contributed by atoms with van der Waals surface area (Å²) >= 11 is 0. The Morgan fingerprint density at radius 3 is 2.75 bits per heavy atom. The zero-order valence-electron chi connectivity index (χ0n) is 12.2. The van der Waals surface area contributed by atoms with Crippen LogP contribution in [0, 0.1) is 5.92 Å². The van der Waals surface area contributed by atoms with Gasteiger partial charge in [0.15, 0.2) is 5.78 Å². The van der Waals surface area contributed by atoms with Crippen molar-refractivity contribution in [2.45, 2.75) is 33.1 Å². The molecule has 0 spiro atoms. The molecule has 1 aromatic carbocycles. The first kappa shape index (κ1) is 14.7. The predicted octanol–water partition coefficient (Wildman–Crippen LogP) is 2.15. The predicted molar refractivity (Wildman–Crippen MR) is 80.0 cm³/mol. The van der Waals surface area contributed by atoms with E-state index in [2.05, 4.69) is 0 Å². The number of amides is 1. The van der Waals surface area contributed by atoms with E-state index in [0.717, 1.165) is 30.6 Å². The van der Waals surface area contributed by atoms with Crippen LogP contribution in [0.4, 0.5) is 5.69 Å². The number of Topliss-reactive ketones (excluding diaryl/α,β-unsaturated/α-hetero) is 1. The standard InChI is InChI=1S/C16H22N2O2/c1-11(2)16(20)18-9-3-4-12-10-13(5-6-14(12)18)15(19)7-8-17/h5-6,10-11H,3-4,7-9,17H2,1-2H3. The molecule has 2 N–H and O–H groups in total. The lowest BCUT2D eigenvalue weighted by Gasteiger charge is -2.31. The third kappa shape index (κ3) is 2.90. The van der Waals surface area contributed by atoms with E-state index in [1.165, 1.54) is 0 Å². The first-order valence-corrected chi connectivity index (χ1v) is 7.22. The number of ketones is 1. The number of nitrogens with two attached hydrogens (primary N) is 1. The Hall–Kier alpha value is -1.68. The lowest BCUT2D eigenvalue weighted by atomic mass is 9.96. The molecule has 0 aliphatic carbocycles. The summed E-state index contributed by atoms with van der Waals surface area (Å²) in [6.07, 6.45) is 2.23. The third-order valence-electron chi connectivity index (χ3n) is 3.65. The van der Waals surface area contributed by atoms with Crippen LogP contribution < -0.4 is 10.6 Å². The van der Waals surface area contributed by atoms with E-state index >= 15 is 0 Å². The van der Waals surface area contributed by atoms with Gasteiger partial charge in [0.25, 0.3) is 0 Å². The van der Waals surface area contributed by atoms with E-state index in [0.29, 0.717) is 18.5 Å². The molecular weight excluding hydrogens is 252 g/mol. The number of benzene rings is 1. The molecule has 0 radical (unpaired) electrons. The first-order chi connectivity index (χ1) is 9.54. The van der Waals surface area contributed by atoms with Gasteiger partial charge in [0.2, 0.25) is 5.91 Å². The van der Waals surface area contributed by atoms with Crippen molar-refractivity contribution in [2.24, 2.45) is 11.7 Å². The highest BCUT2D eigenvalue weighted by Gasteiger charge is 2.24. The SMILES string of the molecule is CC(C)C(=O)N1CCCc2cc(C(=O)CCN)ccc21. The van der Waals surface area contributed by atoms with Gasteiger partial charge in [-0.25, -0.2) is 0 Å². The molecule has 1 amide bonds. The molecule has 0 bridgehead atoms. The Kier molecular flexibility index (Phi) is 4.55. The molecule has 1 heterocycles. The number of nitrogens with zero attached hydrogens (tertiary/aromatic N) is 1. The Bertz CT molecular complexity index is 523. The topological polar surface area (TPSA) is 63.4 Å². The van der Waals surface area contributed by atoms with Crippen molar-refractivity contribution in [3.63, 3.8) is 0 Å². The van der Waals surface area contributed by atoms with Crippen molar-refractivity contribution in [2.75, 3.05) is 18.0 Å². The van der Waals surface area contributed by atoms with Crippen molar-refractivity contribution >= 4 is 17.4 Å². The summed E-state index contributed by atoms with van der Waals surface area (Å²) in [6.45, 7) is 4.96. The number of fused-ring (bicyclic) bond motifs is 1. The molecule has 0 saturated carbocycles. The lowest BCUT2D eigenvalue weighted by molar-refractivity contribution is -0.121. The minimum Gasteiger partial charge on any atom is -0.330 e. The maximum atomic E-state index is 12.2. The van der Waals surface area contributed by atoms with Gasteiger partial charge in [-0.2, -0.15) is 0 Å². The van der Waals surface area contributed by atoms with Gasteiger partial charge in [0, 0.05) is 30.1 Å². The summed E-state index contributed by atoms with van der Waals surface area (Å²) in [5.41, 5.74) is 8.18. The van der Waals surface area contributed by atoms with Crippen LogP contribution in [0.1, 0.15) is 42.6 Å². The number of rotatable bonds is 4. The minimum absolute atomic E-state index is 0.0144. The number of hydrogen-bond donors (Lipinski definition) is 1. The van der Waals surface area contributed by atoms with E-state index in [1.807, 2.05) is 36.9 Å². The number of carbonyl (C=O) groups is 2. The summed E-state index contributed by atoms with van der Waals surface area (Å²) in [5.74, 6) is 0.203. The van der Waals surface area contributed by atoms with E-state index in [-0.39, 0.29) is 17.6 Å². The Morgan fingerprint density at radius 2 is 2.10 bits per heavy atom. The average Bonchev–Trinajstić information content (AvgIpc) is 2.45. The molecule has 0 fully saturated rings. The average molecular weight is 274 g/mol. The smallest absolute Gasteiger partial charge is 0.229 e. The minimum atomic E-state index is -0.0144. The number of anilines is 1. The van der Waals surface area contributed by atoms with Crippen molar-refractivity contribution < 1.29 is 9.59 Å². The number of aryl methyl sites for hydroxylation is 1. The third-order valence-corrected chi connectivity index (χ3v) is 3.65. The Labute approximate surface area is 119 Å². The van der Waals surface area contributed by atoms with Crippen molar-refractivity contribution in [1.82, 2.24) is 0 Å². The molecule has 4 heteroatoms. The van der Waals surface area contributed by atoms with Crippen LogP contribution in [0.15, 0.2) is 18.2 Å². The van der Waals surface area contributed by atoms with Gasteiger partial charge in [0.05, 0.1) is 0 Å². The van der Waals surface area contributed by atoms with Gasteiger partial charge in [-0.1, -0.05) is 13.8 Å². The van der Waals surface area contributed by atoms with Gasteiger partial charge in [-0.05, 0) is 43.1 Å². The van der Waals surface area contributed by atoms with Gasteiger partial charge < -0.3 is 10.6 Å². The molecule has 4 nitrogen and oxygen atoms in total. The molecule has 2 rings (SSSR count). The van der Waals surface area contributed by atoms with E-state index < -0.39 is 0 Å². The van der Waals surface area contributed by atoms with Crippen LogP contribution in [0.5, 0.6) is 0 Å². The monoisotopic (exact) mass is 274 g/mol. The highest BCUT2D eigenvalue weighted by atomic mass is 16.2. The van der Waals surface area contributed by atoms with Crippen LogP contribution in [0.2, 0.25) is 0 Å². The quantitative estimate of drug-likeness (QED) is 0.856. The fourth-order valence-corrected chi connectivity index (χ4v) is 2.59. The largest absolute Gasteiger partial charge is 0.330 e. The molecule has 1 aromatic rings. The molecule has 1 aliphatic heterocycles. The zero-order valence-corrected chi connectivity index (χ0v) is 12.2. The number of carbonyl (C=O) groups excluding carboxylic acids is 2. The summed E-state index contributed by atoms with van der Waals surface area (Å²) < 4.78 is 0. The van der Waals surface area contributed by atoms with E-state index in [9.17, 15) is 9.59 Å². The summed E-state index contributed by atoms with van der Waals surface area (Å²) in [4.78, 5) is 26.0. The van der Waals surface area contributed by atoms with Crippen molar-refractivity contribution in [1.29, 1.82) is 0 Å². The second kappa shape index (κ2) is 6.18. The Morgan fingerprint density at radius 1 is 1.35 bits per heavy atom. The lowest BCUT2D eigenvalue weighted by Crippen LogP contribution is -2.38. The van der Waals surface area contributed by atoms with E-state index in [4.69, 9.17) is 5.73 Å². The molecule has 108 valence electrons. The maximum Gasteiger partial charge on any atom is 0.229 e. The molecule has 0 saturated heterocycles. The van der Waals surface area contributed by atoms with Gasteiger partial charge in [-0.15, -0.1) is 0 Å². The first-order valence-electron chi connectivity index (χ1n) is 7.22. The van der Waals surface area contributed by atoms with Crippen molar-refractivity contribution in [3.05, 3.63) is 29.3 Å². The highest BCUT2D eigenvalue weighted by Crippen LogP contribution is 2.29. The number of hydrogen-bond acceptors (Lipinski definition) is 3. The second-order valence-corrected chi connectivity index (χ2v) is 5.55. The van der Waals surface area contributed by atoms with Crippen LogP contribution in [0.3, 0.4) is 0 Å². The van der Waals surface area contributed by atoms with Crippen molar-refractivity contribution in [3.8, 4) is 0 Å². The maximum absolute atomic E-state index is 12.2.